The molecule has 1 aromatic rings. The van der Waals surface area contributed by atoms with Crippen molar-refractivity contribution in [2.24, 2.45) is 0 Å². The van der Waals surface area contributed by atoms with Gasteiger partial charge in [0, 0.05) is 26.2 Å². The zero-order valence-corrected chi connectivity index (χ0v) is 11.3. The van der Waals surface area contributed by atoms with E-state index in [1.807, 2.05) is 0 Å². The Labute approximate surface area is 112 Å². The van der Waals surface area contributed by atoms with Gasteiger partial charge in [0.2, 0.25) is 5.91 Å². The maximum absolute atomic E-state index is 11.3. The molecule has 1 aromatic heterocycles. The molecule has 0 atom stereocenters. The highest BCUT2D eigenvalue weighted by molar-refractivity contribution is 5.88. The fraction of sp³-hybridized carbons (Fsp3) is 0.462. The molecule has 0 unspecified atom stereocenters. The van der Waals surface area contributed by atoms with E-state index in [0.717, 1.165) is 0 Å². The van der Waals surface area contributed by atoms with Crippen LogP contribution in [0.25, 0.3) is 0 Å². The van der Waals surface area contributed by atoms with Crippen molar-refractivity contribution in [2.45, 2.75) is 19.8 Å². The number of hydrogen-bond acceptors (Lipinski definition) is 4. The molecule has 19 heavy (non-hydrogen) atoms. The number of nitrogens with zero attached hydrogens (tertiary/aromatic N) is 2. The molecule has 0 fully saturated rings. The second-order valence-electron chi connectivity index (χ2n) is 4.34. The molecular weight excluding hydrogens is 248 g/mol. The summed E-state index contributed by atoms with van der Waals surface area (Å²) in [5.41, 5.74) is 0.520. The van der Waals surface area contributed by atoms with Crippen LogP contribution >= 0.6 is 0 Å². The summed E-state index contributed by atoms with van der Waals surface area (Å²) in [5, 5.41) is 9.00. The van der Waals surface area contributed by atoms with E-state index in [0.29, 0.717) is 18.5 Å². The Balaban J connectivity index is 2.54. The summed E-state index contributed by atoms with van der Waals surface area (Å²) in [7, 11) is 3.38. The number of rotatable bonds is 6. The van der Waals surface area contributed by atoms with Gasteiger partial charge in [-0.05, 0) is 25.5 Å². The van der Waals surface area contributed by atoms with Crippen molar-refractivity contribution in [2.75, 3.05) is 20.7 Å². The molecule has 0 aliphatic heterocycles. The number of amides is 1. The van der Waals surface area contributed by atoms with Gasteiger partial charge in [0.05, 0.1) is 6.61 Å². The van der Waals surface area contributed by atoms with Gasteiger partial charge in [-0.1, -0.05) is 0 Å². The second-order valence-corrected chi connectivity index (χ2v) is 4.34. The van der Waals surface area contributed by atoms with Crippen LogP contribution in [0.4, 0.5) is 0 Å². The average Bonchev–Trinajstić information content (AvgIpc) is 2.35. The van der Waals surface area contributed by atoms with Crippen molar-refractivity contribution in [1.29, 1.82) is 0 Å². The number of ether oxygens (including phenoxy) is 1. The van der Waals surface area contributed by atoms with Gasteiger partial charge in [0.25, 0.3) is 0 Å². The Morgan fingerprint density at radius 2 is 2.05 bits per heavy atom. The maximum Gasteiger partial charge on any atom is 0.358 e. The molecule has 0 aromatic carbocycles. The van der Waals surface area contributed by atoms with Crippen molar-refractivity contribution in [1.82, 2.24) is 9.88 Å². The molecule has 1 N–H and O–H groups in total. The molecule has 0 aliphatic rings. The number of aromatic carboxylic acids is 1. The average molecular weight is 266 g/mol. The van der Waals surface area contributed by atoms with Gasteiger partial charge in [-0.3, -0.25) is 4.79 Å². The lowest BCUT2D eigenvalue weighted by Crippen LogP contribution is -2.21. The summed E-state index contributed by atoms with van der Waals surface area (Å²) in [6, 6.07) is 3.27. The van der Waals surface area contributed by atoms with E-state index in [2.05, 4.69) is 4.98 Å². The van der Waals surface area contributed by atoms with Crippen molar-refractivity contribution in [3.63, 3.8) is 0 Å². The number of carboxylic acids is 1. The molecule has 0 aliphatic carbocycles. The van der Waals surface area contributed by atoms with E-state index in [9.17, 15) is 9.59 Å². The first-order valence-electron chi connectivity index (χ1n) is 5.95. The van der Waals surface area contributed by atoms with E-state index >= 15 is 0 Å². The lowest BCUT2D eigenvalue weighted by Gasteiger charge is -2.11. The summed E-state index contributed by atoms with van der Waals surface area (Å²) in [6.45, 7) is 2.00. The molecule has 1 amide bonds. The topological polar surface area (TPSA) is 79.7 Å². The molecule has 6 nitrogen and oxygen atoms in total. The summed E-state index contributed by atoms with van der Waals surface area (Å²) in [6.07, 6.45) is 0.901. The van der Waals surface area contributed by atoms with Crippen LogP contribution in [0.2, 0.25) is 0 Å². The first-order valence-corrected chi connectivity index (χ1v) is 5.95. The number of pyridine rings is 1. The molecule has 0 bridgehead atoms. The van der Waals surface area contributed by atoms with E-state index in [1.165, 1.54) is 4.90 Å². The van der Waals surface area contributed by atoms with E-state index in [4.69, 9.17) is 9.84 Å². The molecule has 1 rings (SSSR count). The summed E-state index contributed by atoms with van der Waals surface area (Å²) >= 11 is 0. The lowest BCUT2D eigenvalue weighted by atomic mass is 10.2. The second kappa shape index (κ2) is 6.72. The number of hydrogen-bond donors (Lipinski definition) is 1. The van der Waals surface area contributed by atoms with E-state index < -0.39 is 5.97 Å². The Kier molecular flexibility index (Phi) is 5.29. The van der Waals surface area contributed by atoms with E-state index in [1.54, 1.807) is 33.2 Å². The van der Waals surface area contributed by atoms with Crippen LogP contribution in [0.3, 0.4) is 0 Å². The Hall–Kier alpha value is -2.11. The van der Waals surface area contributed by atoms with Gasteiger partial charge < -0.3 is 14.7 Å². The number of aryl methyl sites for hydroxylation is 1. The molecule has 0 saturated carbocycles. The summed E-state index contributed by atoms with van der Waals surface area (Å²) < 4.78 is 5.37. The third kappa shape index (κ3) is 4.57. The monoisotopic (exact) mass is 266 g/mol. The highest BCUT2D eigenvalue weighted by atomic mass is 16.5. The van der Waals surface area contributed by atoms with Gasteiger partial charge in [-0.2, -0.15) is 0 Å². The highest BCUT2D eigenvalue weighted by Gasteiger charge is 2.13. The number of carbonyl (C=O) groups excluding carboxylic acids is 1. The van der Waals surface area contributed by atoms with Crippen LogP contribution in [-0.2, 0) is 4.79 Å². The van der Waals surface area contributed by atoms with Crippen molar-refractivity contribution in [3.8, 4) is 5.75 Å². The van der Waals surface area contributed by atoms with Crippen LogP contribution in [0.15, 0.2) is 12.1 Å². The number of carboxylic acid groups (broad SMARTS) is 1. The fourth-order valence-corrected chi connectivity index (χ4v) is 1.44. The molecule has 0 saturated heterocycles. The Morgan fingerprint density at radius 1 is 1.37 bits per heavy atom. The molecule has 104 valence electrons. The third-order valence-corrected chi connectivity index (χ3v) is 2.49. The van der Waals surface area contributed by atoms with Crippen molar-refractivity contribution >= 4 is 11.9 Å². The molecule has 6 heteroatoms. The lowest BCUT2D eigenvalue weighted by molar-refractivity contribution is -0.128. The summed E-state index contributed by atoms with van der Waals surface area (Å²) in [4.78, 5) is 27.8. The third-order valence-electron chi connectivity index (χ3n) is 2.49. The Bertz CT molecular complexity index is 472. The van der Waals surface area contributed by atoms with E-state index in [-0.39, 0.29) is 24.0 Å². The van der Waals surface area contributed by atoms with Crippen molar-refractivity contribution < 1.29 is 19.4 Å². The zero-order chi connectivity index (χ0) is 14.4. The summed E-state index contributed by atoms with van der Waals surface area (Å²) in [5.74, 6) is -0.873. The first-order chi connectivity index (χ1) is 8.91. The molecule has 0 radical (unpaired) electrons. The quantitative estimate of drug-likeness (QED) is 0.786. The molecule has 1 heterocycles. The number of aromatic nitrogens is 1. The minimum atomic E-state index is -1.12. The normalized spacial score (nSPS) is 10.1. The van der Waals surface area contributed by atoms with Crippen molar-refractivity contribution in [3.05, 3.63) is 23.5 Å². The largest absolute Gasteiger partial charge is 0.491 e. The van der Waals surface area contributed by atoms with Gasteiger partial charge in [-0.15, -0.1) is 0 Å². The zero-order valence-electron chi connectivity index (χ0n) is 11.3. The maximum atomic E-state index is 11.3. The van der Waals surface area contributed by atoms with Gasteiger partial charge in [0.1, 0.15) is 0 Å². The SMILES string of the molecule is Cc1ccc(OCCCC(=O)N(C)C)c(C(=O)O)n1. The van der Waals surface area contributed by atoms with Crippen LogP contribution in [0, 0.1) is 6.92 Å². The molecule has 0 spiro atoms. The van der Waals surface area contributed by atoms with Gasteiger partial charge >= 0.3 is 5.97 Å². The van der Waals surface area contributed by atoms with Crippen LogP contribution in [0.5, 0.6) is 5.75 Å². The van der Waals surface area contributed by atoms with Crippen LogP contribution in [0.1, 0.15) is 29.0 Å². The minimum Gasteiger partial charge on any atom is -0.491 e. The highest BCUT2D eigenvalue weighted by Crippen LogP contribution is 2.17. The Morgan fingerprint density at radius 3 is 2.63 bits per heavy atom. The molecular formula is C13H18N2O4. The standard InChI is InChI=1S/C13H18N2O4/c1-9-6-7-10(12(14-9)13(17)18)19-8-4-5-11(16)15(2)3/h6-7H,4-5,8H2,1-3H3,(H,17,18). The fourth-order valence-electron chi connectivity index (χ4n) is 1.44. The van der Waals surface area contributed by atoms with Gasteiger partial charge in [0.15, 0.2) is 11.4 Å². The van der Waals surface area contributed by atoms with Crippen LogP contribution < -0.4 is 4.74 Å². The predicted octanol–water partition coefficient (Wildman–Crippen LogP) is 1.34. The smallest absolute Gasteiger partial charge is 0.358 e. The minimum absolute atomic E-state index is 0.0177. The first kappa shape index (κ1) is 14.9. The number of carbonyl (C=O) groups is 2. The van der Waals surface area contributed by atoms with Gasteiger partial charge in [-0.25, -0.2) is 9.78 Å². The van der Waals surface area contributed by atoms with Crippen LogP contribution in [-0.4, -0.2) is 47.6 Å². The predicted molar refractivity (Wildman–Crippen MR) is 69.4 cm³/mol.